The first kappa shape index (κ1) is 11.0. The minimum absolute atomic E-state index is 0.0924. The number of benzene rings is 1. The number of hydrogen-bond acceptors (Lipinski definition) is 3. The first-order valence-electron chi connectivity index (χ1n) is 5.48. The van der Waals surface area contributed by atoms with E-state index in [0.29, 0.717) is 6.54 Å². The SMILES string of the molecule is CC(=O)N1CCc2cc(NCCO)ccc21. The highest BCUT2D eigenvalue weighted by Gasteiger charge is 2.21. The van der Waals surface area contributed by atoms with E-state index in [-0.39, 0.29) is 12.5 Å². The summed E-state index contributed by atoms with van der Waals surface area (Å²) >= 11 is 0. The molecule has 4 nitrogen and oxygen atoms in total. The fourth-order valence-electron chi connectivity index (χ4n) is 2.04. The van der Waals surface area contributed by atoms with E-state index in [0.717, 1.165) is 24.3 Å². The zero-order valence-electron chi connectivity index (χ0n) is 9.36. The van der Waals surface area contributed by atoms with E-state index >= 15 is 0 Å². The minimum atomic E-state index is 0.0924. The molecule has 1 aromatic rings. The molecule has 0 radical (unpaired) electrons. The molecule has 86 valence electrons. The van der Waals surface area contributed by atoms with Crippen molar-refractivity contribution in [2.45, 2.75) is 13.3 Å². The quantitative estimate of drug-likeness (QED) is 0.799. The van der Waals surface area contributed by atoms with Gasteiger partial charge in [0, 0.05) is 31.4 Å². The highest BCUT2D eigenvalue weighted by atomic mass is 16.3. The van der Waals surface area contributed by atoms with Crippen molar-refractivity contribution in [2.75, 3.05) is 29.9 Å². The summed E-state index contributed by atoms with van der Waals surface area (Å²) in [7, 11) is 0. The summed E-state index contributed by atoms with van der Waals surface area (Å²) in [6.45, 7) is 3.03. The molecule has 4 heteroatoms. The first-order valence-corrected chi connectivity index (χ1v) is 5.48. The minimum Gasteiger partial charge on any atom is -0.395 e. The van der Waals surface area contributed by atoms with E-state index in [9.17, 15) is 4.79 Å². The van der Waals surface area contributed by atoms with Crippen LogP contribution in [0.15, 0.2) is 18.2 Å². The number of anilines is 2. The molecular formula is C12H16N2O2. The van der Waals surface area contributed by atoms with Gasteiger partial charge in [-0.25, -0.2) is 0 Å². The molecular weight excluding hydrogens is 204 g/mol. The second-order valence-electron chi connectivity index (χ2n) is 3.91. The maximum Gasteiger partial charge on any atom is 0.223 e. The number of nitrogens with one attached hydrogen (secondary N) is 1. The van der Waals surface area contributed by atoms with Crippen molar-refractivity contribution in [2.24, 2.45) is 0 Å². The summed E-state index contributed by atoms with van der Waals surface area (Å²) in [5, 5.41) is 11.8. The van der Waals surface area contributed by atoms with Crippen LogP contribution in [0.1, 0.15) is 12.5 Å². The average molecular weight is 220 g/mol. The third-order valence-corrected chi connectivity index (χ3v) is 2.80. The molecule has 0 aromatic heterocycles. The third-order valence-electron chi connectivity index (χ3n) is 2.80. The number of hydrogen-bond donors (Lipinski definition) is 2. The predicted octanol–water partition coefficient (Wildman–Crippen LogP) is 1.000. The second-order valence-corrected chi connectivity index (χ2v) is 3.91. The Morgan fingerprint density at radius 1 is 1.56 bits per heavy atom. The van der Waals surface area contributed by atoms with Gasteiger partial charge in [-0.2, -0.15) is 0 Å². The van der Waals surface area contributed by atoms with Crippen LogP contribution in [0, 0.1) is 0 Å². The summed E-state index contributed by atoms with van der Waals surface area (Å²) in [5.74, 6) is 0.0924. The molecule has 0 fully saturated rings. The molecule has 0 atom stereocenters. The highest BCUT2D eigenvalue weighted by molar-refractivity contribution is 5.94. The summed E-state index contributed by atoms with van der Waals surface area (Å²) in [4.78, 5) is 13.1. The number of aliphatic hydroxyl groups is 1. The van der Waals surface area contributed by atoms with Gasteiger partial charge in [0.1, 0.15) is 0 Å². The summed E-state index contributed by atoms with van der Waals surface area (Å²) in [5.41, 5.74) is 3.21. The molecule has 0 unspecified atom stereocenters. The van der Waals surface area contributed by atoms with E-state index in [1.165, 1.54) is 5.56 Å². The number of fused-ring (bicyclic) bond motifs is 1. The lowest BCUT2D eigenvalue weighted by molar-refractivity contribution is -0.116. The van der Waals surface area contributed by atoms with Crippen molar-refractivity contribution >= 4 is 17.3 Å². The monoisotopic (exact) mass is 220 g/mol. The molecule has 0 bridgehead atoms. The molecule has 1 aliphatic heterocycles. The van der Waals surface area contributed by atoms with Gasteiger partial charge in [0.25, 0.3) is 0 Å². The Bertz CT molecular complexity index is 404. The zero-order valence-corrected chi connectivity index (χ0v) is 9.36. The summed E-state index contributed by atoms with van der Waals surface area (Å²) in [6, 6.07) is 5.95. The number of carbonyl (C=O) groups is 1. The maximum atomic E-state index is 11.3. The average Bonchev–Trinajstić information content (AvgIpc) is 2.69. The van der Waals surface area contributed by atoms with Crippen molar-refractivity contribution in [3.63, 3.8) is 0 Å². The highest BCUT2D eigenvalue weighted by Crippen LogP contribution is 2.30. The Balaban J connectivity index is 2.19. The van der Waals surface area contributed by atoms with Crippen molar-refractivity contribution in [1.82, 2.24) is 0 Å². The van der Waals surface area contributed by atoms with Gasteiger partial charge in [-0.05, 0) is 30.2 Å². The molecule has 2 rings (SSSR count). The second kappa shape index (κ2) is 4.53. The molecule has 1 amide bonds. The molecule has 1 aromatic carbocycles. The van der Waals surface area contributed by atoms with E-state index in [1.54, 1.807) is 11.8 Å². The number of nitrogens with zero attached hydrogens (tertiary/aromatic N) is 1. The largest absolute Gasteiger partial charge is 0.395 e. The van der Waals surface area contributed by atoms with Gasteiger partial charge in [0.05, 0.1) is 6.61 Å². The molecule has 0 aliphatic carbocycles. The smallest absolute Gasteiger partial charge is 0.223 e. The first-order chi connectivity index (χ1) is 7.72. The van der Waals surface area contributed by atoms with E-state index in [1.807, 2.05) is 18.2 Å². The maximum absolute atomic E-state index is 11.3. The van der Waals surface area contributed by atoms with Crippen LogP contribution in [0.2, 0.25) is 0 Å². The van der Waals surface area contributed by atoms with Crippen molar-refractivity contribution in [1.29, 1.82) is 0 Å². The lowest BCUT2D eigenvalue weighted by atomic mass is 10.1. The molecule has 0 spiro atoms. The van der Waals surface area contributed by atoms with Crippen LogP contribution in [0.4, 0.5) is 11.4 Å². The van der Waals surface area contributed by atoms with Gasteiger partial charge in [0.2, 0.25) is 5.91 Å². The Hall–Kier alpha value is -1.55. The Morgan fingerprint density at radius 3 is 3.06 bits per heavy atom. The molecule has 0 saturated heterocycles. The van der Waals surface area contributed by atoms with Gasteiger partial charge < -0.3 is 15.3 Å². The lowest BCUT2D eigenvalue weighted by Gasteiger charge is -2.15. The number of amides is 1. The number of carbonyl (C=O) groups excluding carboxylic acids is 1. The van der Waals surface area contributed by atoms with Gasteiger partial charge >= 0.3 is 0 Å². The molecule has 2 N–H and O–H groups in total. The van der Waals surface area contributed by atoms with Crippen LogP contribution in [0.25, 0.3) is 0 Å². The van der Waals surface area contributed by atoms with Gasteiger partial charge in [0.15, 0.2) is 0 Å². The zero-order chi connectivity index (χ0) is 11.5. The van der Waals surface area contributed by atoms with Gasteiger partial charge in [-0.3, -0.25) is 4.79 Å². The number of rotatable bonds is 3. The third kappa shape index (κ3) is 2.02. The predicted molar refractivity (Wildman–Crippen MR) is 63.7 cm³/mol. The van der Waals surface area contributed by atoms with Crippen LogP contribution >= 0.6 is 0 Å². The molecule has 16 heavy (non-hydrogen) atoms. The topological polar surface area (TPSA) is 52.6 Å². The Labute approximate surface area is 94.9 Å². The van der Waals surface area contributed by atoms with Crippen molar-refractivity contribution in [3.05, 3.63) is 23.8 Å². The normalized spacial score (nSPS) is 13.8. The Kier molecular flexibility index (Phi) is 3.10. The lowest BCUT2D eigenvalue weighted by Crippen LogP contribution is -2.25. The Morgan fingerprint density at radius 2 is 2.38 bits per heavy atom. The fraction of sp³-hybridized carbons (Fsp3) is 0.417. The van der Waals surface area contributed by atoms with Crippen LogP contribution < -0.4 is 10.2 Å². The molecule has 1 aliphatic rings. The van der Waals surface area contributed by atoms with Crippen LogP contribution in [-0.4, -0.2) is 30.7 Å². The number of aliphatic hydroxyl groups excluding tert-OH is 1. The summed E-state index contributed by atoms with van der Waals surface area (Å²) < 4.78 is 0. The van der Waals surface area contributed by atoms with E-state index in [2.05, 4.69) is 5.32 Å². The van der Waals surface area contributed by atoms with Crippen LogP contribution in [0.3, 0.4) is 0 Å². The van der Waals surface area contributed by atoms with Crippen molar-refractivity contribution in [3.8, 4) is 0 Å². The summed E-state index contributed by atoms with van der Waals surface area (Å²) in [6.07, 6.45) is 0.906. The van der Waals surface area contributed by atoms with Crippen LogP contribution in [0.5, 0.6) is 0 Å². The van der Waals surface area contributed by atoms with E-state index in [4.69, 9.17) is 5.11 Å². The molecule has 0 saturated carbocycles. The fourth-order valence-corrected chi connectivity index (χ4v) is 2.04. The molecule has 1 heterocycles. The van der Waals surface area contributed by atoms with E-state index < -0.39 is 0 Å². The van der Waals surface area contributed by atoms with Gasteiger partial charge in [-0.15, -0.1) is 0 Å². The van der Waals surface area contributed by atoms with Crippen LogP contribution in [-0.2, 0) is 11.2 Å². The standard InChI is InChI=1S/C12H16N2O2/c1-9(16)14-6-4-10-8-11(13-5-7-15)2-3-12(10)14/h2-3,8,13,15H,4-7H2,1H3. The van der Waals surface area contributed by atoms with Crippen molar-refractivity contribution < 1.29 is 9.90 Å². The van der Waals surface area contributed by atoms with Gasteiger partial charge in [-0.1, -0.05) is 0 Å².